The molecule has 86 valence electrons. The molecular weight excluding hydrogens is 180 g/mol. The maximum absolute atomic E-state index is 2.34. The van der Waals surface area contributed by atoms with Crippen molar-refractivity contribution in [2.75, 3.05) is 0 Å². The Bertz CT molecular complexity index is 273. The van der Waals surface area contributed by atoms with E-state index < -0.39 is 0 Å². The maximum atomic E-state index is 2.34. The van der Waals surface area contributed by atoms with Crippen LogP contribution in [0.15, 0.2) is 18.2 Å². The van der Waals surface area contributed by atoms with E-state index in [9.17, 15) is 0 Å². The van der Waals surface area contributed by atoms with Crippen molar-refractivity contribution in [2.24, 2.45) is 0 Å². The summed E-state index contributed by atoms with van der Waals surface area (Å²) in [6.07, 6.45) is 2.37. The average molecular weight is 206 g/mol. The molecule has 0 saturated heterocycles. The van der Waals surface area contributed by atoms with Gasteiger partial charge in [0.25, 0.3) is 0 Å². The van der Waals surface area contributed by atoms with Gasteiger partial charge in [-0.3, -0.25) is 0 Å². The van der Waals surface area contributed by atoms with Crippen molar-refractivity contribution in [3.05, 3.63) is 34.9 Å². The molecular formula is C15H26. The lowest BCUT2D eigenvalue weighted by Crippen LogP contribution is -1.94. The van der Waals surface area contributed by atoms with Gasteiger partial charge in [0.2, 0.25) is 0 Å². The minimum atomic E-state index is 0.699. The molecule has 0 radical (unpaired) electrons. The summed E-state index contributed by atoms with van der Waals surface area (Å²) in [6, 6.07) is 6.89. The third-order valence-electron chi connectivity index (χ3n) is 2.93. The van der Waals surface area contributed by atoms with Crippen LogP contribution in [0.1, 0.15) is 63.6 Å². The van der Waals surface area contributed by atoms with Crippen LogP contribution in [-0.4, -0.2) is 0 Å². The molecule has 0 aliphatic heterocycles. The minimum Gasteiger partial charge on any atom is -0.0683 e. The SMILES string of the molecule is CC.CCc1ccc(C(C)CC)cc1C. The highest BCUT2D eigenvalue weighted by atomic mass is 14.1. The number of rotatable bonds is 3. The normalized spacial score (nSPS) is 11.6. The molecule has 0 amide bonds. The van der Waals surface area contributed by atoms with Crippen molar-refractivity contribution >= 4 is 0 Å². The predicted molar refractivity (Wildman–Crippen MR) is 70.6 cm³/mol. The zero-order valence-corrected chi connectivity index (χ0v) is 11.2. The molecule has 0 aliphatic rings. The van der Waals surface area contributed by atoms with Gasteiger partial charge in [-0.05, 0) is 42.4 Å². The molecule has 0 nitrogen and oxygen atoms in total. The van der Waals surface area contributed by atoms with E-state index in [0.717, 1.165) is 6.42 Å². The summed E-state index contributed by atoms with van der Waals surface area (Å²) in [6.45, 7) is 13.0. The topological polar surface area (TPSA) is 0 Å². The van der Waals surface area contributed by atoms with Crippen molar-refractivity contribution in [3.8, 4) is 0 Å². The first-order valence-electron chi connectivity index (χ1n) is 6.28. The van der Waals surface area contributed by atoms with Gasteiger partial charge in [-0.25, -0.2) is 0 Å². The molecule has 1 aromatic rings. The van der Waals surface area contributed by atoms with Crippen LogP contribution < -0.4 is 0 Å². The smallest absolute Gasteiger partial charge is 0.0193 e. The number of aryl methyl sites for hydroxylation is 2. The van der Waals surface area contributed by atoms with Gasteiger partial charge in [-0.15, -0.1) is 0 Å². The molecule has 1 unspecified atom stereocenters. The Kier molecular flexibility index (Phi) is 7.11. The Morgan fingerprint density at radius 1 is 1.13 bits per heavy atom. The predicted octanol–water partition coefficient (Wildman–Crippen LogP) is 5.10. The van der Waals surface area contributed by atoms with Crippen molar-refractivity contribution in [1.29, 1.82) is 0 Å². The van der Waals surface area contributed by atoms with Crippen LogP contribution in [0, 0.1) is 6.92 Å². The zero-order valence-electron chi connectivity index (χ0n) is 11.2. The van der Waals surface area contributed by atoms with Crippen LogP contribution in [0.2, 0.25) is 0 Å². The third-order valence-corrected chi connectivity index (χ3v) is 2.93. The molecule has 0 aromatic heterocycles. The lowest BCUT2D eigenvalue weighted by molar-refractivity contribution is 0.732. The molecule has 0 saturated carbocycles. The van der Waals surface area contributed by atoms with Gasteiger partial charge in [0, 0.05) is 0 Å². The Labute approximate surface area is 95.7 Å². The highest BCUT2D eigenvalue weighted by Crippen LogP contribution is 2.21. The van der Waals surface area contributed by atoms with Gasteiger partial charge in [-0.1, -0.05) is 52.8 Å². The summed E-state index contributed by atoms with van der Waals surface area (Å²) >= 11 is 0. The highest BCUT2D eigenvalue weighted by Gasteiger charge is 2.04. The van der Waals surface area contributed by atoms with E-state index in [2.05, 4.69) is 45.9 Å². The molecule has 1 rings (SSSR count). The maximum Gasteiger partial charge on any atom is -0.0193 e. The standard InChI is InChI=1S/C13H20.C2H6/c1-5-10(3)13-8-7-12(6-2)11(4)9-13;1-2/h7-10H,5-6H2,1-4H3;1-2H3. The fourth-order valence-electron chi connectivity index (χ4n) is 1.66. The number of hydrogen-bond donors (Lipinski definition) is 0. The first-order chi connectivity index (χ1) is 7.19. The van der Waals surface area contributed by atoms with Crippen LogP contribution >= 0.6 is 0 Å². The fourth-order valence-corrected chi connectivity index (χ4v) is 1.66. The molecule has 0 aliphatic carbocycles. The van der Waals surface area contributed by atoms with Gasteiger partial charge in [0.15, 0.2) is 0 Å². The van der Waals surface area contributed by atoms with Gasteiger partial charge < -0.3 is 0 Å². The first kappa shape index (κ1) is 14.2. The number of hydrogen-bond acceptors (Lipinski definition) is 0. The van der Waals surface area contributed by atoms with Crippen molar-refractivity contribution in [2.45, 2.75) is 60.3 Å². The first-order valence-corrected chi connectivity index (χ1v) is 6.28. The summed E-state index contributed by atoms with van der Waals surface area (Å²) in [4.78, 5) is 0. The Hall–Kier alpha value is -0.780. The summed E-state index contributed by atoms with van der Waals surface area (Å²) in [7, 11) is 0. The van der Waals surface area contributed by atoms with E-state index in [1.165, 1.54) is 23.1 Å². The highest BCUT2D eigenvalue weighted by molar-refractivity contribution is 5.32. The second kappa shape index (κ2) is 7.50. The molecule has 0 N–H and O–H groups in total. The van der Waals surface area contributed by atoms with Crippen LogP contribution in [0.3, 0.4) is 0 Å². The second-order valence-corrected chi connectivity index (χ2v) is 3.85. The van der Waals surface area contributed by atoms with E-state index >= 15 is 0 Å². The molecule has 15 heavy (non-hydrogen) atoms. The average Bonchev–Trinajstić information content (AvgIpc) is 2.30. The van der Waals surface area contributed by atoms with Crippen molar-refractivity contribution in [1.82, 2.24) is 0 Å². The van der Waals surface area contributed by atoms with Crippen molar-refractivity contribution < 1.29 is 0 Å². The summed E-state index contributed by atoms with van der Waals surface area (Å²) in [5.74, 6) is 0.699. The molecule has 1 aromatic carbocycles. The Morgan fingerprint density at radius 3 is 2.13 bits per heavy atom. The fraction of sp³-hybridized carbons (Fsp3) is 0.600. The largest absolute Gasteiger partial charge is 0.0683 e. The van der Waals surface area contributed by atoms with Crippen LogP contribution in [0.4, 0.5) is 0 Å². The molecule has 0 spiro atoms. The van der Waals surface area contributed by atoms with Gasteiger partial charge >= 0.3 is 0 Å². The van der Waals surface area contributed by atoms with E-state index in [-0.39, 0.29) is 0 Å². The van der Waals surface area contributed by atoms with Gasteiger partial charge in [0.05, 0.1) is 0 Å². The van der Waals surface area contributed by atoms with Crippen LogP contribution in [-0.2, 0) is 6.42 Å². The zero-order chi connectivity index (χ0) is 11.8. The second-order valence-electron chi connectivity index (χ2n) is 3.85. The van der Waals surface area contributed by atoms with Gasteiger partial charge in [0.1, 0.15) is 0 Å². The molecule has 0 heteroatoms. The summed E-state index contributed by atoms with van der Waals surface area (Å²) < 4.78 is 0. The van der Waals surface area contributed by atoms with E-state index in [0.29, 0.717) is 5.92 Å². The Balaban J connectivity index is 0.000000921. The molecule has 0 heterocycles. The van der Waals surface area contributed by atoms with Gasteiger partial charge in [-0.2, -0.15) is 0 Å². The lowest BCUT2D eigenvalue weighted by Gasteiger charge is -2.11. The van der Waals surface area contributed by atoms with E-state index in [1.54, 1.807) is 0 Å². The quantitative estimate of drug-likeness (QED) is 0.645. The molecule has 0 fully saturated rings. The number of benzene rings is 1. The summed E-state index contributed by atoms with van der Waals surface area (Å²) in [5.41, 5.74) is 4.41. The molecule has 1 atom stereocenters. The lowest BCUT2D eigenvalue weighted by atomic mass is 9.94. The van der Waals surface area contributed by atoms with Crippen LogP contribution in [0.25, 0.3) is 0 Å². The van der Waals surface area contributed by atoms with E-state index in [4.69, 9.17) is 0 Å². The molecule has 0 bridgehead atoms. The summed E-state index contributed by atoms with van der Waals surface area (Å²) in [5, 5.41) is 0. The Morgan fingerprint density at radius 2 is 1.73 bits per heavy atom. The minimum absolute atomic E-state index is 0.699. The van der Waals surface area contributed by atoms with E-state index in [1.807, 2.05) is 13.8 Å². The van der Waals surface area contributed by atoms with Crippen LogP contribution in [0.5, 0.6) is 0 Å². The van der Waals surface area contributed by atoms with Crippen molar-refractivity contribution in [3.63, 3.8) is 0 Å². The monoisotopic (exact) mass is 206 g/mol. The third kappa shape index (κ3) is 4.07.